The van der Waals surface area contributed by atoms with Crippen LogP contribution in [-0.4, -0.2) is 42.5 Å². The molecule has 0 aliphatic carbocycles. The Hall–Kier alpha value is -1.38. The van der Waals surface area contributed by atoms with Crippen LogP contribution in [0.15, 0.2) is 42.5 Å². The van der Waals surface area contributed by atoms with Crippen LogP contribution >= 0.6 is 0 Å². The van der Waals surface area contributed by atoms with E-state index < -0.39 is 0 Å². The fraction of sp³-hybridized carbons (Fsp3) is 0.444. The largest absolute Gasteiger partial charge is 0.301 e. The highest BCUT2D eigenvalue weighted by atomic mass is 15.3. The van der Waals surface area contributed by atoms with Crippen molar-refractivity contribution in [3.63, 3.8) is 0 Å². The van der Waals surface area contributed by atoms with Crippen LogP contribution in [0, 0.1) is 0 Å². The number of benzene rings is 2. The van der Waals surface area contributed by atoms with Gasteiger partial charge < -0.3 is 4.90 Å². The Kier molecular flexibility index (Phi) is 4.34. The van der Waals surface area contributed by atoms with Gasteiger partial charge in [-0.25, -0.2) is 0 Å². The predicted molar refractivity (Wildman–Crippen MR) is 86.0 cm³/mol. The molecule has 3 rings (SSSR count). The summed E-state index contributed by atoms with van der Waals surface area (Å²) in [6, 6.07) is 15.4. The molecule has 2 nitrogen and oxygen atoms in total. The molecule has 1 aliphatic heterocycles. The molecule has 1 heterocycles. The average molecular weight is 268 g/mol. The molecule has 0 amide bonds. The second-order valence-corrected chi connectivity index (χ2v) is 5.76. The summed E-state index contributed by atoms with van der Waals surface area (Å²) in [4.78, 5) is 5.17. The third-order valence-electron chi connectivity index (χ3n) is 4.28. The molecule has 0 atom stereocenters. The third-order valence-corrected chi connectivity index (χ3v) is 4.28. The highest BCUT2D eigenvalue weighted by Gasteiger charge is 2.16. The van der Waals surface area contributed by atoms with E-state index >= 15 is 0 Å². The van der Waals surface area contributed by atoms with Crippen LogP contribution in [-0.2, 0) is 6.54 Å². The predicted octanol–water partition coefficient (Wildman–Crippen LogP) is 3.37. The van der Waals surface area contributed by atoms with Crippen LogP contribution in [0.2, 0.25) is 0 Å². The minimum atomic E-state index is 1.08. The van der Waals surface area contributed by atoms with Crippen LogP contribution in [0.3, 0.4) is 0 Å². The van der Waals surface area contributed by atoms with Crippen LogP contribution in [0.1, 0.15) is 18.9 Å². The summed E-state index contributed by atoms with van der Waals surface area (Å²) in [6.45, 7) is 9.44. The van der Waals surface area contributed by atoms with Crippen molar-refractivity contribution in [1.82, 2.24) is 9.80 Å². The quantitative estimate of drug-likeness (QED) is 0.839. The molecule has 106 valence electrons. The van der Waals surface area contributed by atoms with Crippen LogP contribution in [0.4, 0.5) is 0 Å². The van der Waals surface area contributed by atoms with Crippen LogP contribution in [0.5, 0.6) is 0 Å². The zero-order valence-corrected chi connectivity index (χ0v) is 12.4. The standard InChI is InChI=1S/C18H24N2/c1-2-10-19-11-13-20(14-12-19)15-17-8-5-7-16-6-3-4-9-18(16)17/h3-9H,2,10-15H2,1H3. The first-order valence-electron chi connectivity index (χ1n) is 7.78. The Balaban J connectivity index is 1.68. The van der Waals surface area contributed by atoms with E-state index in [1.807, 2.05) is 0 Å². The smallest absolute Gasteiger partial charge is 0.0240 e. The molecule has 2 aromatic carbocycles. The van der Waals surface area contributed by atoms with Gasteiger partial charge in [-0.05, 0) is 29.3 Å². The molecule has 1 saturated heterocycles. The van der Waals surface area contributed by atoms with Gasteiger partial charge in [-0.3, -0.25) is 4.90 Å². The molecule has 20 heavy (non-hydrogen) atoms. The number of hydrogen-bond donors (Lipinski definition) is 0. The van der Waals surface area contributed by atoms with Gasteiger partial charge in [-0.1, -0.05) is 49.4 Å². The fourth-order valence-corrected chi connectivity index (χ4v) is 3.16. The van der Waals surface area contributed by atoms with E-state index in [9.17, 15) is 0 Å². The second kappa shape index (κ2) is 6.38. The van der Waals surface area contributed by atoms with Crippen molar-refractivity contribution in [1.29, 1.82) is 0 Å². The Morgan fingerprint density at radius 3 is 2.35 bits per heavy atom. The van der Waals surface area contributed by atoms with Crippen molar-refractivity contribution < 1.29 is 0 Å². The highest BCUT2D eigenvalue weighted by Crippen LogP contribution is 2.20. The monoisotopic (exact) mass is 268 g/mol. The highest BCUT2D eigenvalue weighted by molar-refractivity contribution is 5.85. The van der Waals surface area contributed by atoms with Gasteiger partial charge in [-0.2, -0.15) is 0 Å². The lowest BCUT2D eigenvalue weighted by atomic mass is 10.0. The van der Waals surface area contributed by atoms with Gasteiger partial charge in [0, 0.05) is 32.7 Å². The van der Waals surface area contributed by atoms with Crippen molar-refractivity contribution in [3.8, 4) is 0 Å². The molecule has 0 radical (unpaired) electrons. The topological polar surface area (TPSA) is 6.48 Å². The summed E-state index contributed by atoms with van der Waals surface area (Å²) in [5.41, 5.74) is 1.46. The Bertz CT molecular complexity index is 551. The molecule has 0 spiro atoms. The van der Waals surface area contributed by atoms with Gasteiger partial charge in [0.15, 0.2) is 0 Å². The maximum absolute atomic E-state index is 2.59. The molecule has 0 saturated carbocycles. The van der Waals surface area contributed by atoms with Crippen LogP contribution < -0.4 is 0 Å². The van der Waals surface area contributed by atoms with Crippen molar-refractivity contribution in [2.45, 2.75) is 19.9 Å². The summed E-state index contributed by atoms with van der Waals surface area (Å²) in [5.74, 6) is 0. The van der Waals surface area contributed by atoms with Gasteiger partial charge >= 0.3 is 0 Å². The van der Waals surface area contributed by atoms with Crippen molar-refractivity contribution in [2.75, 3.05) is 32.7 Å². The second-order valence-electron chi connectivity index (χ2n) is 5.76. The zero-order chi connectivity index (χ0) is 13.8. The molecule has 0 N–H and O–H groups in total. The summed E-state index contributed by atoms with van der Waals surface area (Å²) in [6.07, 6.45) is 1.27. The van der Waals surface area contributed by atoms with E-state index in [0.29, 0.717) is 0 Å². The zero-order valence-electron chi connectivity index (χ0n) is 12.4. The van der Waals surface area contributed by atoms with Gasteiger partial charge in [0.25, 0.3) is 0 Å². The van der Waals surface area contributed by atoms with Crippen molar-refractivity contribution >= 4 is 10.8 Å². The number of fused-ring (bicyclic) bond motifs is 1. The lowest BCUT2D eigenvalue weighted by molar-refractivity contribution is 0.127. The average Bonchev–Trinajstić information content (AvgIpc) is 2.50. The van der Waals surface area contributed by atoms with Gasteiger partial charge in [0.2, 0.25) is 0 Å². The lowest BCUT2D eigenvalue weighted by Gasteiger charge is -2.34. The summed E-state index contributed by atoms with van der Waals surface area (Å²) in [5, 5.41) is 2.76. The summed E-state index contributed by atoms with van der Waals surface area (Å²) in [7, 11) is 0. The van der Waals surface area contributed by atoms with Crippen LogP contribution in [0.25, 0.3) is 10.8 Å². The number of nitrogens with zero attached hydrogens (tertiary/aromatic N) is 2. The lowest BCUT2D eigenvalue weighted by Crippen LogP contribution is -2.45. The SMILES string of the molecule is CCCN1CCN(Cc2cccc3ccccc23)CC1. The molecule has 0 unspecified atom stereocenters. The first-order valence-corrected chi connectivity index (χ1v) is 7.78. The Morgan fingerprint density at radius 2 is 1.55 bits per heavy atom. The van der Waals surface area contributed by atoms with Crippen molar-refractivity contribution in [3.05, 3.63) is 48.0 Å². The van der Waals surface area contributed by atoms with E-state index in [4.69, 9.17) is 0 Å². The normalized spacial score (nSPS) is 17.6. The van der Waals surface area contributed by atoms with E-state index in [-0.39, 0.29) is 0 Å². The van der Waals surface area contributed by atoms with E-state index in [2.05, 4.69) is 59.2 Å². The fourth-order valence-electron chi connectivity index (χ4n) is 3.16. The molecule has 2 heteroatoms. The molecule has 1 fully saturated rings. The minimum Gasteiger partial charge on any atom is -0.301 e. The van der Waals surface area contributed by atoms with Gasteiger partial charge in [0.05, 0.1) is 0 Å². The maximum Gasteiger partial charge on any atom is 0.0240 e. The molecular weight excluding hydrogens is 244 g/mol. The summed E-state index contributed by atoms with van der Waals surface area (Å²) < 4.78 is 0. The minimum absolute atomic E-state index is 1.08. The Morgan fingerprint density at radius 1 is 0.850 bits per heavy atom. The molecular formula is C18H24N2. The van der Waals surface area contributed by atoms with E-state index in [1.165, 1.54) is 55.5 Å². The molecule has 1 aliphatic rings. The molecule has 0 bridgehead atoms. The first kappa shape index (κ1) is 13.6. The van der Waals surface area contributed by atoms with Gasteiger partial charge in [0.1, 0.15) is 0 Å². The van der Waals surface area contributed by atoms with E-state index in [0.717, 1.165) is 6.54 Å². The Labute approximate surface area is 122 Å². The molecule has 2 aromatic rings. The number of hydrogen-bond acceptors (Lipinski definition) is 2. The molecule has 0 aromatic heterocycles. The third kappa shape index (κ3) is 3.02. The first-order chi connectivity index (χ1) is 9.86. The number of rotatable bonds is 4. The summed E-state index contributed by atoms with van der Waals surface area (Å²) >= 11 is 0. The van der Waals surface area contributed by atoms with Gasteiger partial charge in [-0.15, -0.1) is 0 Å². The van der Waals surface area contributed by atoms with Crippen molar-refractivity contribution in [2.24, 2.45) is 0 Å². The van der Waals surface area contributed by atoms with E-state index in [1.54, 1.807) is 0 Å². The maximum atomic E-state index is 2.59. The number of piperazine rings is 1.